The number of carbonyl (C=O) groups is 2. The SMILES string of the molecule is CNC(=O)C(Cc1ccccc1)N(Cc1cccc(OC)c1)C(=O)CN(c1ccc(Br)cc1)S(=O)(=O)c1ccccc1. The molecule has 218 valence electrons. The summed E-state index contributed by atoms with van der Waals surface area (Å²) in [5, 5.41) is 2.68. The van der Waals surface area contributed by atoms with Crippen LogP contribution < -0.4 is 14.4 Å². The maximum Gasteiger partial charge on any atom is 0.264 e. The summed E-state index contributed by atoms with van der Waals surface area (Å²) in [4.78, 5) is 29.1. The van der Waals surface area contributed by atoms with Gasteiger partial charge >= 0.3 is 0 Å². The van der Waals surface area contributed by atoms with E-state index in [9.17, 15) is 18.0 Å². The minimum absolute atomic E-state index is 0.0483. The van der Waals surface area contributed by atoms with Gasteiger partial charge in [-0.25, -0.2) is 8.42 Å². The number of likely N-dealkylation sites (N-methyl/N-ethyl adjacent to an activating group) is 1. The molecule has 0 radical (unpaired) electrons. The van der Waals surface area contributed by atoms with Crippen molar-refractivity contribution in [1.82, 2.24) is 10.2 Å². The molecule has 0 spiro atoms. The van der Waals surface area contributed by atoms with Crippen molar-refractivity contribution in [3.8, 4) is 5.75 Å². The number of nitrogens with one attached hydrogen (secondary N) is 1. The Morgan fingerprint density at radius 3 is 2.10 bits per heavy atom. The molecule has 0 aromatic heterocycles. The molecular formula is C32H32BrN3O5S. The molecule has 0 aliphatic heterocycles. The highest BCUT2D eigenvalue weighted by molar-refractivity contribution is 9.10. The second kappa shape index (κ2) is 14.2. The van der Waals surface area contributed by atoms with Crippen molar-refractivity contribution in [3.63, 3.8) is 0 Å². The fourth-order valence-corrected chi connectivity index (χ4v) is 6.24. The molecular weight excluding hydrogens is 618 g/mol. The van der Waals surface area contributed by atoms with Crippen molar-refractivity contribution < 1.29 is 22.7 Å². The Hall–Kier alpha value is -4.15. The summed E-state index contributed by atoms with van der Waals surface area (Å²) in [6.45, 7) is -0.467. The Bertz CT molecular complexity index is 1600. The highest BCUT2D eigenvalue weighted by Crippen LogP contribution is 2.26. The first-order chi connectivity index (χ1) is 20.2. The number of ether oxygens (including phenoxy) is 1. The van der Waals surface area contributed by atoms with E-state index >= 15 is 0 Å². The number of nitrogens with zero attached hydrogens (tertiary/aromatic N) is 2. The standard InChI is InChI=1S/C32H32BrN3O5S/c1-34-32(38)30(21-24-10-5-3-6-11-24)35(22-25-12-9-13-28(20-25)41-2)31(37)23-36(27-18-16-26(33)17-19-27)42(39,40)29-14-7-4-8-15-29/h3-20,30H,21-23H2,1-2H3,(H,34,38). The van der Waals surface area contributed by atoms with Crippen LogP contribution in [0.4, 0.5) is 5.69 Å². The number of anilines is 1. The summed E-state index contributed by atoms with van der Waals surface area (Å²) in [7, 11) is -1.07. The lowest BCUT2D eigenvalue weighted by Gasteiger charge is -2.33. The minimum atomic E-state index is -4.14. The second-order valence-corrected chi connectivity index (χ2v) is 12.3. The molecule has 0 aliphatic carbocycles. The average molecular weight is 651 g/mol. The molecule has 1 N–H and O–H groups in total. The Morgan fingerprint density at radius 2 is 1.48 bits per heavy atom. The Morgan fingerprint density at radius 1 is 0.857 bits per heavy atom. The molecule has 0 bridgehead atoms. The van der Waals surface area contributed by atoms with Crippen molar-refractivity contribution in [1.29, 1.82) is 0 Å². The average Bonchev–Trinajstić information content (AvgIpc) is 3.02. The molecule has 42 heavy (non-hydrogen) atoms. The van der Waals surface area contributed by atoms with Crippen LogP contribution in [0.2, 0.25) is 0 Å². The number of amides is 2. The number of hydrogen-bond acceptors (Lipinski definition) is 5. The number of sulfonamides is 1. The van der Waals surface area contributed by atoms with Crippen molar-refractivity contribution >= 4 is 43.5 Å². The summed E-state index contributed by atoms with van der Waals surface area (Å²) < 4.78 is 35.0. The molecule has 4 aromatic rings. The van der Waals surface area contributed by atoms with Gasteiger partial charge in [0.2, 0.25) is 11.8 Å². The molecule has 1 atom stereocenters. The van der Waals surface area contributed by atoms with Crippen LogP contribution in [0, 0.1) is 0 Å². The van der Waals surface area contributed by atoms with E-state index in [2.05, 4.69) is 21.2 Å². The monoisotopic (exact) mass is 649 g/mol. The van der Waals surface area contributed by atoms with Crippen molar-refractivity contribution in [2.45, 2.75) is 23.9 Å². The van der Waals surface area contributed by atoms with Gasteiger partial charge in [0, 0.05) is 24.5 Å². The summed E-state index contributed by atoms with van der Waals surface area (Å²) in [5.41, 5.74) is 1.90. The molecule has 2 amide bonds. The van der Waals surface area contributed by atoms with Gasteiger partial charge < -0.3 is 15.0 Å². The van der Waals surface area contributed by atoms with Crippen molar-refractivity contribution in [2.24, 2.45) is 0 Å². The number of carbonyl (C=O) groups excluding carboxylic acids is 2. The van der Waals surface area contributed by atoms with Gasteiger partial charge in [0.05, 0.1) is 17.7 Å². The largest absolute Gasteiger partial charge is 0.497 e. The summed E-state index contributed by atoms with van der Waals surface area (Å²) in [6, 6.07) is 30.3. The quantitative estimate of drug-likeness (QED) is 0.232. The van der Waals surface area contributed by atoms with Crippen LogP contribution in [0.5, 0.6) is 5.75 Å². The number of benzene rings is 4. The smallest absolute Gasteiger partial charge is 0.264 e. The van der Waals surface area contributed by atoms with Crippen LogP contribution >= 0.6 is 15.9 Å². The highest BCUT2D eigenvalue weighted by Gasteiger charge is 2.34. The van der Waals surface area contributed by atoms with E-state index in [1.165, 1.54) is 24.1 Å². The lowest BCUT2D eigenvalue weighted by Crippen LogP contribution is -2.53. The number of rotatable bonds is 12. The van der Waals surface area contributed by atoms with E-state index in [1.807, 2.05) is 36.4 Å². The van der Waals surface area contributed by atoms with Gasteiger partial charge in [0.25, 0.3) is 10.0 Å². The predicted octanol–water partition coefficient (Wildman–Crippen LogP) is 5.04. The second-order valence-electron chi connectivity index (χ2n) is 9.49. The van der Waals surface area contributed by atoms with Gasteiger partial charge in [-0.05, 0) is 59.7 Å². The normalized spacial score (nSPS) is 11.8. The van der Waals surface area contributed by atoms with Gasteiger partial charge in [-0.1, -0.05) is 76.6 Å². The first kappa shape index (κ1) is 30.8. The zero-order valence-corrected chi connectivity index (χ0v) is 25.7. The molecule has 4 rings (SSSR count). The summed E-state index contributed by atoms with van der Waals surface area (Å²) >= 11 is 3.39. The number of hydrogen-bond donors (Lipinski definition) is 1. The van der Waals surface area contributed by atoms with Crippen LogP contribution in [0.3, 0.4) is 0 Å². The number of halogens is 1. The Balaban J connectivity index is 1.78. The molecule has 0 saturated carbocycles. The first-order valence-electron chi connectivity index (χ1n) is 13.2. The van der Waals surface area contributed by atoms with Gasteiger partial charge in [0.15, 0.2) is 0 Å². The van der Waals surface area contributed by atoms with Crippen LogP contribution in [-0.2, 0) is 32.6 Å². The van der Waals surface area contributed by atoms with Crippen LogP contribution in [0.1, 0.15) is 11.1 Å². The van der Waals surface area contributed by atoms with Gasteiger partial charge in [-0.15, -0.1) is 0 Å². The van der Waals surface area contributed by atoms with E-state index in [0.29, 0.717) is 11.4 Å². The predicted molar refractivity (Wildman–Crippen MR) is 167 cm³/mol. The summed E-state index contributed by atoms with van der Waals surface area (Å²) in [6.07, 6.45) is 0.236. The topological polar surface area (TPSA) is 96.0 Å². The fraction of sp³-hybridized carbons (Fsp3) is 0.188. The molecule has 8 nitrogen and oxygen atoms in total. The minimum Gasteiger partial charge on any atom is -0.497 e. The van der Waals surface area contributed by atoms with Gasteiger partial charge in [-0.3, -0.25) is 13.9 Å². The van der Waals surface area contributed by atoms with Crippen molar-refractivity contribution in [3.05, 3.63) is 125 Å². The molecule has 0 heterocycles. The van der Waals surface area contributed by atoms with E-state index in [0.717, 1.165) is 19.9 Å². The Kier molecular flexibility index (Phi) is 10.4. The zero-order chi connectivity index (χ0) is 30.1. The lowest BCUT2D eigenvalue weighted by atomic mass is 10.0. The molecule has 1 unspecified atom stereocenters. The molecule has 10 heteroatoms. The fourth-order valence-electron chi connectivity index (χ4n) is 4.54. The van der Waals surface area contributed by atoms with Crippen LogP contribution in [0.25, 0.3) is 0 Å². The molecule has 0 saturated heterocycles. The lowest BCUT2D eigenvalue weighted by molar-refractivity contribution is -0.139. The third kappa shape index (κ3) is 7.57. The first-order valence-corrected chi connectivity index (χ1v) is 15.5. The van der Waals surface area contributed by atoms with Crippen LogP contribution in [0.15, 0.2) is 119 Å². The third-order valence-corrected chi connectivity index (χ3v) is 9.05. The van der Waals surface area contributed by atoms with Gasteiger partial charge in [0.1, 0.15) is 18.3 Å². The zero-order valence-electron chi connectivity index (χ0n) is 23.3. The molecule has 0 fully saturated rings. The number of methoxy groups -OCH3 is 1. The molecule has 4 aromatic carbocycles. The van der Waals surface area contributed by atoms with E-state index < -0.39 is 28.5 Å². The van der Waals surface area contributed by atoms with Crippen LogP contribution in [-0.4, -0.2) is 51.9 Å². The molecule has 0 aliphatic rings. The maximum atomic E-state index is 14.3. The third-order valence-electron chi connectivity index (χ3n) is 6.73. The maximum absolute atomic E-state index is 14.3. The van der Waals surface area contributed by atoms with E-state index in [1.54, 1.807) is 67.8 Å². The van der Waals surface area contributed by atoms with E-state index in [4.69, 9.17) is 4.74 Å². The van der Waals surface area contributed by atoms with Gasteiger partial charge in [-0.2, -0.15) is 0 Å². The summed E-state index contributed by atoms with van der Waals surface area (Å²) in [5.74, 6) is -0.302. The highest BCUT2D eigenvalue weighted by atomic mass is 79.9. The Labute approximate surface area is 255 Å². The van der Waals surface area contributed by atoms with E-state index in [-0.39, 0.29) is 23.8 Å². The van der Waals surface area contributed by atoms with Crippen molar-refractivity contribution in [2.75, 3.05) is 25.0 Å².